The lowest BCUT2D eigenvalue weighted by Crippen LogP contribution is -2.38. The number of morpholine rings is 1. The summed E-state index contributed by atoms with van der Waals surface area (Å²) in [7, 11) is 5.19. The molecule has 0 saturated carbocycles. The summed E-state index contributed by atoms with van der Waals surface area (Å²) in [5, 5.41) is 0. The predicted molar refractivity (Wildman–Crippen MR) is 92.2 cm³/mol. The van der Waals surface area contributed by atoms with E-state index in [1.165, 1.54) is 0 Å². The summed E-state index contributed by atoms with van der Waals surface area (Å²) >= 11 is 0. The summed E-state index contributed by atoms with van der Waals surface area (Å²) in [6.45, 7) is 2.70. The van der Waals surface area contributed by atoms with E-state index in [4.69, 9.17) is 9.47 Å². The van der Waals surface area contributed by atoms with Gasteiger partial charge in [0.25, 0.3) is 0 Å². The molecule has 1 heterocycles. The summed E-state index contributed by atoms with van der Waals surface area (Å²) in [6.07, 6.45) is 0. The third-order valence-corrected chi connectivity index (χ3v) is 3.90. The molecule has 0 atom stereocenters. The number of alkyl halides is 1. The maximum Gasteiger partial charge on any atom is 0.243 e. The van der Waals surface area contributed by atoms with Crippen molar-refractivity contribution >= 4 is 17.3 Å². The molecule has 1 fully saturated rings. The molecule has 24 heavy (non-hydrogen) atoms. The third kappa shape index (κ3) is 4.66. The number of amides is 1. The van der Waals surface area contributed by atoms with E-state index in [1.807, 2.05) is 12.1 Å². The number of hydrogen-bond acceptors (Lipinski definition) is 5. The Balaban J connectivity index is 2.27. The van der Waals surface area contributed by atoms with Crippen molar-refractivity contribution in [3.8, 4) is 0 Å². The monoisotopic (exact) mass is 339 g/mol. The molecule has 1 saturated heterocycles. The molecule has 0 N–H and O–H groups in total. The van der Waals surface area contributed by atoms with E-state index in [0.29, 0.717) is 25.5 Å². The molecule has 1 aromatic carbocycles. The SMILES string of the molecule is COCc1cc(N(CF)C(=O)CN(C)C)ccc1N1CCOCC1. The molecule has 7 heteroatoms. The molecule has 1 aliphatic heterocycles. The van der Waals surface area contributed by atoms with Crippen LogP contribution in [-0.4, -0.2) is 71.7 Å². The summed E-state index contributed by atoms with van der Waals surface area (Å²) < 4.78 is 24.1. The van der Waals surface area contributed by atoms with Gasteiger partial charge in [0.15, 0.2) is 6.80 Å². The van der Waals surface area contributed by atoms with Gasteiger partial charge in [0, 0.05) is 37.1 Å². The fraction of sp³-hybridized carbons (Fsp3) is 0.588. The van der Waals surface area contributed by atoms with E-state index in [0.717, 1.165) is 29.2 Å². The Morgan fingerprint density at radius 2 is 2.04 bits per heavy atom. The first kappa shape index (κ1) is 18.6. The predicted octanol–water partition coefficient (Wildman–Crippen LogP) is 1.49. The average molecular weight is 339 g/mol. The molecule has 1 amide bonds. The Bertz CT molecular complexity index is 548. The van der Waals surface area contributed by atoms with Crippen LogP contribution in [-0.2, 0) is 20.9 Å². The van der Waals surface area contributed by atoms with E-state index in [-0.39, 0.29) is 12.5 Å². The number of rotatable bonds is 7. The fourth-order valence-electron chi connectivity index (χ4n) is 2.76. The van der Waals surface area contributed by atoms with Crippen molar-refractivity contribution in [2.75, 3.05) is 70.7 Å². The van der Waals surface area contributed by atoms with Crippen LogP contribution < -0.4 is 9.80 Å². The van der Waals surface area contributed by atoms with Gasteiger partial charge >= 0.3 is 0 Å². The van der Waals surface area contributed by atoms with E-state index in [2.05, 4.69) is 4.90 Å². The zero-order chi connectivity index (χ0) is 17.5. The summed E-state index contributed by atoms with van der Waals surface area (Å²) in [4.78, 5) is 17.3. The van der Waals surface area contributed by atoms with E-state index >= 15 is 0 Å². The van der Waals surface area contributed by atoms with Crippen molar-refractivity contribution in [2.45, 2.75) is 6.61 Å². The van der Waals surface area contributed by atoms with Crippen LogP contribution in [0, 0.1) is 0 Å². The van der Waals surface area contributed by atoms with Crippen LogP contribution in [0.1, 0.15) is 5.56 Å². The van der Waals surface area contributed by atoms with Gasteiger partial charge in [0.2, 0.25) is 5.91 Å². The second-order valence-electron chi connectivity index (χ2n) is 6.02. The van der Waals surface area contributed by atoms with E-state index < -0.39 is 6.80 Å². The van der Waals surface area contributed by atoms with Gasteiger partial charge in [-0.2, -0.15) is 0 Å². The molecular formula is C17H26FN3O3. The smallest absolute Gasteiger partial charge is 0.243 e. The number of methoxy groups -OCH3 is 1. The quantitative estimate of drug-likeness (QED) is 0.705. The Kier molecular flexibility index (Phi) is 6.96. The van der Waals surface area contributed by atoms with Crippen LogP contribution in [0.25, 0.3) is 0 Å². The Morgan fingerprint density at radius 1 is 1.33 bits per heavy atom. The number of ether oxygens (including phenoxy) is 2. The van der Waals surface area contributed by atoms with E-state index in [1.54, 1.807) is 32.2 Å². The van der Waals surface area contributed by atoms with Crippen LogP contribution in [0.4, 0.5) is 15.8 Å². The molecule has 2 rings (SSSR count). The molecule has 0 bridgehead atoms. The second-order valence-corrected chi connectivity index (χ2v) is 6.02. The largest absolute Gasteiger partial charge is 0.380 e. The lowest BCUT2D eigenvalue weighted by molar-refractivity contribution is -0.119. The minimum absolute atomic E-state index is 0.161. The molecular weight excluding hydrogens is 313 g/mol. The highest BCUT2D eigenvalue weighted by Gasteiger charge is 2.20. The van der Waals surface area contributed by atoms with Crippen molar-refractivity contribution in [2.24, 2.45) is 0 Å². The lowest BCUT2D eigenvalue weighted by atomic mass is 10.1. The number of halogens is 1. The lowest BCUT2D eigenvalue weighted by Gasteiger charge is -2.31. The van der Waals surface area contributed by atoms with Gasteiger partial charge in [-0.1, -0.05) is 0 Å². The van der Waals surface area contributed by atoms with Gasteiger partial charge in [-0.15, -0.1) is 0 Å². The summed E-state index contributed by atoms with van der Waals surface area (Å²) in [5.74, 6) is -0.273. The average Bonchev–Trinajstić information content (AvgIpc) is 2.56. The fourth-order valence-corrected chi connectivity index (χ4v) is 2.76. The molecule has 0 spiro atoms. The van der Waals surface area contributed by atoms with Gasteiger partial charge in [-0.25, -0.2) is 4.39 Å². The highest BCUT2D eigenvalue weighted by molar-refractivity contribution is 5.94. The van der Waals surface area contributed by atoms with Gasteiger partial charge in [-0.3, -0.25) is 9.69 Å². The van der Waals surface area contributed by atoms with Crippen molar-refractivity contribution in [1.82, 2.24) is 4.90 Å². The number of anilines is 2. The minimum atomic E-state index is -0.851. The van der Waals surface area contributed by atoms with Crippen molar-refractivity contribution < 1.29 is 18.7 Å². The molecule has 6 nitrogen and oxygen atoms in total. The minimum Gasteiger partial charge on any atom is -0.380 e. The molecule has 1 aliphatic rings. The van der Waals surface area contributed by atoms with Gasteiger partial charge < -0.3 is 19.3 Å². The highest BCUT2D eigenvalue weighted by atomic mass is 19.1. The molecule has 0 aromatic heterocycles. The van der Waals surface area contributed by atoms with E-state index in [9.17, 15) is 9.18 Å². The normalized spacial score (nSPS) is 15.0. The van der Waals surface area contributed by atoms with Gasteiger partial charge in [-0.05, 0) is 32.3 Å². The van der Waals surface area contributed by atoms with Crippen LogP contribution in [0.5, 0.6) is 0 Å². The number of nitrogens with zero attached hydrogens (tertiary/aromatic N) is 3. The van der Waals surface area contributed by atoms with Gasteiger partial charge in [0.05, 0.1) is 26.4 Å². The Labute approximate surface area is 142 Å². The van der Waals surface area contributed by atoms with Crippen LogP contribution in [0.15, 0.2) is 18.2 Å². The first-order valence-corrected chi connectivity index (χ1v) is 8.02. The number of likely N-dealkylation sites (N-methyl/N-ethyl adjacent to an activating group) is 1. The number of hydrogen-bond donors (Lipinski definition) is 0. The molecule has 134 valence electrons. The molecule has 0 radical (unpaired) electrons. The van der Waals surface area contributed by atoms with Crippen LogP contribution >= 0.6 is 0 Å². The van der Waals surface area contributed by atoms with Crippen LogP contribution in [0.3, 0.4) is 0 Å². The first-order chi connectivity index (χ1) is 11.6. The maximum atomic E-state index is 13.4. The van der Waals surface area contributed by atoms with Crippen molar-refractivity contribution in [3.05, 3.63) is 23.8 Å². The Morgan fingerprint density at radius 3 is 2.62 bits per heavy atom. The second kappa shape index (κ2) is 8.96. The zero-order valence-corrected chi connectivity index (χ0v) is 14.6. The van der Waals surface area contributed by atoms with Crippen molar-refractivity contribution in [3.63, 3.8) is 0 Å². The zero-order valence-electron chi connectivity index (χ0n) is 14.6. The molecule has 0 aliphatic carbocycles. The summed E-state index contributed by atoms with van der Waals surface area (Å²) in [5.41, 5.74) is 2.53. The molecule has 1 aromatic rings. The summed E-state index contributed by atoms with van der Waals surface area (Å²) in [6, 6.07) is 5.55. The number of benzene rings is 1. The Hall–Kier alpha value is -1.70. The molecule has 0 unspecified atom stereocenters. The topological polar surface area (TPSA) is 45.2 Å². The van der Waals surface area contributed by atoms with Crippen molar-refractivity contribution in [1.29, 1.82) is 0 Å². The first-order valence-electron chi connectivity index (χ1n) is 8.02. The number of carbonyl (C=O) groups excluding carboxylic acids is 1. The highest BCUT2D eigenvalue weighted by Crippen LogP contribution is 2.28. The van der Waals surface area contributed by atoms with Crippen LogP contribution in [0.2, 0.25) is 0 Å². The van der Waals surface area contributed by atoms with Gasteiger partial charge in [0.1, 0.15) is 0 Å². The third-order valence-electron chi connectivity index (χ3n) is 3.90. The standard InChI is InChI=1S/C17H26FN3O3/c1-19(2)11-17(22)21(13-18)15-4-5-16(14(10-15)12-23-3)20-6-8-24-9-7-20/h4-5,10H,6-9,11-13H2,1-3H3. The number of carbonyl (C=O) groups is 1. The maximum absolute atomic E-state index is 13.4.